The maximum Gasteiger partial charge on any atom is 0.303 e. The molecule has 1 aromatic rings. The lowest BCUT2D eigenvalue weighted by atomic mass is 9.86. The number of benzene rings is 1. The number of hydrogen-bond acceptors (Lipinski definition) is 4. The zero-order valence-electron chi connectivity index (χ0n) is 17.2. The van der Waals surface area contributed by atoms with Crippen LogP contribution in [0.1, 0.15) is 49.7 Å². The van der Waals surface area contributed by atoms with Crippen LogP contribution < -0.4 is 4.74 Å². The maximum absolute atomic E-state index is 10.8. The number of fused-ring (bicyclic) bond motifs is 3. The van der Waals surface area contributed by atoms with Crippen LogP contribution in [0.15, 0.2) is 48.2 Å². The molecule has 0 bridgehead atoms. The van der Waals surface area contributed by atoms with E-state index < -0.39 is 18.2 Å². The van der Waals surface area contributed by atoms with Crippen LogP contribution in [0.3, 0.4) is 0 Å². The summed E-state index contributed by atoms with van der Waals surface area (Å²) in [5.41, 5.74) is 5.41. The van der Waals surface area contributed by atoms with Crippen molar-refractivity contribution in [2.45, 2.75) is 63.3 Å². The van der Waals surface area contributed by atoms with Crippen LogP contribution >= 0.6 is 0 Å². The molecule has 0 saturated heterocycles. The Morgan fingerprint density at radius 2 is 2.23 bits per heavy atom. The molecular formula is C25H28O5. The number of carboxylic acids is 1. The molecule has 1 aliphatic heterocycles. The molecule has 5 atom stereocenters. The average molecular weight is 408 g/mol. The quantitative estimate of drug-likeness (QED) is 0.349. The Labute approximate surface area is 177 Å². The fraction of sp³-hybridized carbons (Fsp3) is 0.440. The molecule has 0 aromatic heterocycles. The second-order valence-electron chi connectivity index (χ2n) is 7.78. The van der Waals surface area contributed by atoms with E-state index in [0.717, 1.165) is 16.9 Å². The van der Waals surface area contributed by atoms with Crippen LogP contribution in [-0.2, 0) is 11.2 Å². The summed E-state index contributed by atoms with van der Waals surface area (Å²) in [7, 11) is 0. The third kappa shape index (κ3) is 4.68. The summed E-state index contributed by atoms with van der Waals surface area (Å²) in [5, 5.41) is 29.9. The van der Waals surface area contributed by atoms with Crippen LogP contribution in [0.25, 0.3) is 0 Å². The van der Waals surface area contributed by atoms with E-state index in [-0.39, 0.29) is 24.4 Å². The van der Waals surface area contributed by atoms with Gasteiger partial charge in [0.05, 0.1) is 6.10 Å². The van der Waals surface area contributed by atoms with Gasteiger partial charge >= 0.3 is 5.97 Å². The van der Waals surface area contributed by atoms with E-state index in [9.17, 15) is 15.0 Å². The topological polar surface area (TPSA) is 87.0 Å². The van der Waals surface area contributed by atoms with Gasteiger partial charge in [-0.05, 0) is 25.3 Å². The summed E-state index contributed by atoms with van der Waals surface area (Å²) in [6, 6.07) is 5.95. The first-order valence-electron chi connectivity index (χ1n) is 10.3. The standard InChI is InChI=1S/C25H28O5/c1-3-5-8-16(4-2)20(26)14-13-18-21(27)15-22-24(18)19-11-6-9-17(25(19)30-22)10-7-12-23(28)29/h6,9,11,13-14,18,20-22,24,26-27H,2,7-8,10,12,15H2,1H3,(H,28,29)/b14-13+/t18?,20-,21?,22?,24?/m1/s1. The van der Waals surface area contributed by atoms with E-state index in [4.69, 9.17) is 9.84 Å². The van der Waals surface area contributed by atoms with Crippen molar-refractivity contribution in [2.75, 3.05) is 0 Å². The molecule has 158 valence electrons. The fourth-order valence-corrected chi connectivity index (χ4v) is 4.40. The van der Waals surface area contributed by atoms with Gasteiger partial charge in [-0.3, -0.25) is 4.79 Å². The molecule has 1 heterocycles. The molecule has 1 aliphatic carbocycles. The number of ether oxygens (including phenoxy) is 1. The minimum absolute atomic E-state index is 0.00414. The number of aryl methyl sites for hydroxylation is 1. The molecule has 5 heteroatoms. The predicted molar refractivity (Wildman–Crippen MR) is 114 cm³/mol. The summed E-state index contributed by atoms with van der Waals surface area (Å²) in [4.78, 5) is 10.8. The number of hydrogen-bond donors (Lipinski definition) is 3. The monoisotopic (exact) mass is 408 g/mol. The van der Waals surface area contributed by atoms with E-state index >= 15 is 0 Å². The summed E-state index contributed by atoms with van der Waals surface area (Å²) in [6.45, 7) is 5.37. The Balaban J connectivity index is 1.78. The van der Waals surface area contributed by atoms with Gasteiger partial charge in [0.2, 0.25) is 0 Å². The van der Waals surface area contributed by atoms with E-state index in [2.05, 4.69) is 24.2 Å². The Morgan fingerprint density at radius 1 is 1.43 bits per heavy atom. The van der Waals surface area contributed by atoms with Crippen molar-refractivity contribution < 1.29 is 24.9 Å². The van der Waals surface area contributed by atoms with Crippen LogP contribution in [0, 0.1) is 17.8 Å². The van der Waals surface area contributed by atoms with Crippen LogP contribution in [0.4, 0.5) is 0 Å². The largest absolute Gasteiger partial charge is 0.489 e. The fourth-order valence-electron chi connectivity index (χ4n) is 4.40. The van der Waals surface area contributed by atoms with E-state index in [1.54, 1.807) is 13.0 Å². The van der Waals surface area contributed by atoms with Gasteiger partial charge in [-0.1, -0.05) is 42.9 Å². The second kappa shape index (κ2) is 9.82. The number of aliphatic hydroxyl groups is 2. The molecule has 3 rings (SSSR count). The smallest absolute Gasteiger partial charge is 0.303 e. The number of rotatable bonds is 8. The minimum Gasteiger partial charge on any atom is -0.489 e. The van der Waals surface area contributed by atoms with Crippen molar-refractivity contribution in [2.24, 2.45) is 5.92 Å². The molecule has 3 N–H and O–H groups in total. The molecule has 0 amide bonds. The molecule has 0 radical (unpaired) electrons. The zero-order valence-corrected chi connectivity index (χ0v) is 17.2. The number of aliphatic carboxylic acids is 1. The first-order valence-corrected chi connectivity index (χ1v) is 10.3. The zero-order chi connectivity index (χ0) is 21.7. The van der Waals surface area contributed by atoms with Crippen LogP contribution in [-0.4, -0.2) is 39.6 Å². The predicted octanol–water partition coefficient (Wildman–Crippen LogP) is 3.36. The highest BCUT2D eigenvalue weighted by Crippen LogP contribution is 2.52. The molecule has 0 spiro atoms. The summed E-state index contributed by atoms with van der Waals surface area (Å²) < 4.78 is 6.20. The molecule has 1 aromatic carbocycles. The normalized spacial score (nSPS) is 24.9. The Kier molecular flexibility index (Phi) is 7.18. The Morgan fingerprint density at radius 3 is 2.93 bits per heavy atom. The van der Waals surface area contributed by atoms with Gasteiger partial charge in [0, 0.05) is 42.2 Å². The lowest BCUT2D eigenvalue weighted by molar-refractivity contribution is -0.137. The number of carbonyl (C=O) groups is 1. The SMILES string of the molecule is C=C=C(CC#CC)[C@H](O)/C=C/C1C(O)CC2Oc3c(CCCC(=O)O)cccc3C21. The summed E-state index contributed by atoms with van der Waals surface area (Å²) >= 11 is 0. The van der Waals surface area contributed by atoms with Crippen LogP contribution in [0.2, 0.25) is 0 Å². The van der Waals surface area contributed by atoms with Crippen molar-refractivity contribution in [3.05, 3.63) is 59.4 Å². The lowest BCUT2D eigenvalue weighted by Crippen LogP contribution is -2.17. The van der Waals surface area contributed by atoms with E-state index in [1.165, 1.54) is 0 Å². The minimum atomic E-state index is -0.848. The summed E-state index contributed by atoms with van der Waals surface area (Å²) in [6.07, 6.45) is 4.26. The second-order valence-corrected chi connectivity index (χ2v) is 7.78. The van der Waals surface area contributed by atoms with Crippen molar-refractivity contribution in [1.82, 2.24) is 0 Å². The molecule has 30 heavy (non-hydrogen) atoms. The van der Waals surface area contributed by atoms with Gasteiger partial charge in [-0.25, -0.2) is 0 Å². The number of aliphatic hydroxyl groups excluding tert-OH is 2. The van der Waals surface area contributed by atoms with Crippen LogP contribution in [0.5, 0.6) is 5.75 Å². The van der Waals surface area contributed by atoms with Crippen molar-refractivity contribution in [3.8, 4) is 17.6 Å². The number of carboxylic acid groups (broad SMARTS) is 1. The Hall–Kier alpha value is -2.77. The maximum atomic E-state index is 10.8. The Bertz CT molecular complexity index is 929. The molecule has 4 unspecified atom stereocenters. The average Bonchev–Trinajstić information content (AvgIpc) is 3.22. The highest BCUT2D eigenvalue weighted by Gasteiger charge is 2.48. The van der Waals surface area contributed by atoms with E-state index in [0.29, 0.717) is 31.3 Å². The first kappa shape index (κ1) is 21.9. The first-order chi connectivity index (χ1) is 14.5. The van der Waals surface area contributed by atoms with Gasteiger partial charge in [-0.15, -0.1) is 11.7 Å². The molecule has 2 aliphatic rings. The van der Waals surface area contributed by atoms with Gasteiger partial charge in [-0.2, -0.15) is 0 Å². The molecule has 1 saturated carbocycles. The van der Waals surface area contributed by atoms with Crippen molar-refractivity contribution >= 4 is 5.97 Å². The molecular weight excluding hydrogens is 380 g/mol. The van der Waals surface area contributed by atoms with Gasteiger partial charge in [0.1, 0.15) is 18.0 Å². The van der Waals surface area contributed by atoms with Gasteiger partial charge < -0.3 is 20.1 Å². The molecule has 5 nitrogen and oxygen atoms in total. The highest BCUT2D eigenvalue weighted by atomic mass is 16.5. The summed E-state index contributed by atoms with van der Waals surface area (Å²) in [5.74, 6) is 5.56. The lowest BCUT2D eigenvalue weighted by Gasteiger charge is -2.18. The third-order valence-electron chi connectivity index (χ3n) is 5.88. The van der Waals surface area contributed by atoms with Crippen molar-refractivity contribution in [3.63, 3.8) is 0 Å². The third-order valence-corrected chi connectivity index (χ3v) is 5.88. The van der Waals surface area contributed by atoms with Gasteiger partial charge in [0.25, 0.3) is 0 Å². The van der Waals surface area contributed by atoms with E-state index in [1.807, 2.05) is 24.3 Å². The van der Waals surface area contributed by atoms with Gasteiger partial charge in [0.15, 0.2) is 0 Å². The number of para-hydroxylation sites is 1. The van der Waals surface area contributed by atoms with Crippen molar-refractivity contribution in [1.29, 1.82) is 0 Å². The molecule has 1 fully saturated rings. The highest BCUT2D eigenvalue weighted by molar-refractivity contribution is 5.66.